The van der Waals surface area contributed by atoms with Crippen molar-refractivity contribution >= 4 is 44.9 Å². The normalized spacial score (nSPS) is 14.5. The minimum atomic E-state index is -3.60. The van der Waals surface area contributed by atoms with Crippen molar-refractivity contribution in [2.24, 2.45) is 0 Å². The van der Waals surface area contributed by atoms with Gasteiger partial charge in [-0.25, -0.2) is 22.9 Å². The number of sulfonamides is 1. The molecule has 190 valence electrons. The number of nitrogens with zero attached hydrogens (tertiary/aromatic N) is 2. The van der Waals surface area contributed by atoms with Crippen molar-refractivity contribution in [3.8, 4) is 5.75 Å². The average molecular weight is 513 g/mol. The van der Waals surface area contributed by atoms with E-state index in [1.165, 1.54) is 12.1 Å². The lowest BCUT2D eigenvalue weighted by molar-refractivity contribution is 0.252. The van der Waals surface area contributed by atoms with Crippen LogP contribution in [0.15, 0.2) is 59.6 Å². The molecule has 1 aliphatic rings. The second-order valence-electron chi connectivity index (χ2n) is 7.82. The number of rotatable bonds is 6. The Morgan fingerprint density at radius 1 is 1.11 bits per heavy atom. The largest absolute Gasteiger partial charge is 0.497 e. The van der Waals surface area contributed by atoms with Crippen molar-refractivity contribution in [2.75, 3.05) is 54.6 Å². The van der Waals surface area contributed by atoms with E-state index in [-0.39, 0.29) is 17.5 Å². The number of fused-ring (bicyclic) bond motifs is 4. The third kappa shape index (κ3) is 6.73. The van der Waals surface area contributed by atoms with Gasteiger partial charge in [-0.05, 0) is 48.9 Å². The number of carbonyl (C=O) groups excluding carboxylic acids is 1. The van der Waals surface area contributed by atoms with Crippen molar-refractivity contribution in [3.05, 3.63) is 54.7 Å². The Labute approximate surface area is 209 Å². The molecule has 0 atom stereocenters. The fourth-order valence-corrected chi connectivity index (χ4v) is 4.50. The molecule has 12 nitrogen and oxygen atoms in total. The number of aromatic nitrogens is 2. The summed E-state index contributed by atoms with van der Waals surface area (Å²) < 4.78 is 32.7. The Hall–Kier alpha value is -4.10. The van der Waals surface area contributed by atoms with Crippen molar-refractivity contribution in [1.29, 1.82) is 0 Å². The molecule has 4 rings (SSSR count). The predicted molar refractivity (Wildman–Crippen MR) is 139 cm³/mol. The van der Waals surface area contributed by atoms with E-state index in [9.17, 15) is 13.2 Å². The summed E-state index contributed by atoms with van der Waals surface area (Å²) in [7, 11) is -2.02. The van der Waals surface area contributed by atoms with Crippen molar-refractivity contribution in [2.45, 2.75) is 11.3 Å². The summed E-state index contributed by atoms with van der Waals surface area (Å²) in [6, 6.07) is 13.2. The van der Waals surface area contributed by atoms with Crippen LogP contribution in [0, 0.1) is 0 Å². The standard InChI is InChI=1S/C23H28N8O4S/c1-35-18-8-6-16(7-9-18)30-23(32)26-13-12-24-20-15-27-22-29-17-4-2-5-19(14-17)36(33,34)28-11-3-10-25-21(20)31-22/h2,4-9,14-15,24,28H,3,10-13H2,1H3,(H2,26,30,32)(H2,25,27,29,31). The van der Waals surface area contributed by atoms with Crippen LogP contribution in [-0.4, -0.2) is 57.7 Å². The van der Waals surface area contributed by atoms with E-state index in [0.717, 1.165) is 0 Å². The molecule has 1 aromatic heterocycles. The molecule has 4 bridgehead atoms. The first-order chi connectivity index (χ1) is 17.4. The fraction of sp³-hybridized carbons (Fsp3) is 0.261. The molecule has 1 aliphatic heterocycles. The van der Waals surface area contributed by atoms with Crippen LogP contribution < -0.4 is 36.0 Å². The lowest BCUT2D eigenvalue weighted by Crippen LogP contribution is -2.32. The molecule has 36 heavy (non-hydrogen) atoms. The minimum Gasteiger partial charge on any atom is -0.497 e. The molecule has 6 N–H and O–H groups in total. The van der Waals surface area contributed by atoms with Gasteiger partial charge in [0.05, 0.1) is 23.9 Å². The van der Waals surface area contributed by atoms with Gasteiger partial charge in [0.1, 0.15) is 5.75 Å². The van der Waals surface area contributed by atoms with E-state index >= 15 is 0 Å². The number of methoxy groups -OCH3 is 1. The van der Waals surface area contributed by atoms with Crippen LogP contribution in [0.2, 0.25) is 0 Å². The molecule has 3 aromatic rings. The van der Waals surface area contributed by atoms with Gasteiger partial charge in [-0.15, -0.1) is 0 Å². The van der Waals surface area contributed by atoms with Gasteiger partial charge in [-0.2, -0.15) is 4.98 Å². The van der Waals surface area contributed by atoms with Gasteiger partial charge in [0.15, 0.2) is 5.82 Å². The molecular weight excluding hydrogens is 484 g/mol. The highest BCUT2D eigenvalue weighted by Crippen LogP contribution is 2.23. The number of ether oxygens (including phenoxy) is 1. The Balaban J connectivity index is 1.36. The number of nitrogens with one attached hydrogen (secondary N) is 6. The number of carbonyl (C=O) groups is 1. The van der Waals surface area contributed by atoms with Gasteiger partial charge in [0, 0.05) is 37.6 Å². The Kier molecular flexibility index (Phi) is 8.02. The maximum absolute atomic E-state index is 12.5. The third-order valence-electron chi connectivity index (χ3n) is 5.20. The second kappa shape index (κ2) is 11.6. The molecule has 0 saturated carbocycles. The van der Waals surface area contributed by atoms with Gasteiger partial charge in [0.25, 0.3) is 0 Å². The Bertz CT molecular complexity index is 1300. The maximum Gasteiger partial charge on any atom is 0.319 e. The SMILES string of the molecule is COc1ccc(NC(=O)NCCNc2cnc3nc2NCCCNS(=O)(=O)c2cccc(c2)N3)cc1. The first kappa shape index (κ1) is 25.0. The smallest absolute Gasteiger partial charge is 0.319 e. The summed E-state index contributed by atoms with van der Waals surface area (Å²) in [5.41, 5.74) is 1.86. The number of hydrogen-bond donors (Lipinski definition) is 6. The number of hydrogen-bond acceptors (Lipinski definition) is 9. The van der Waals surface area contributed by atoms with E-state index in [1.807, 2.05) is 0 Å². The molecule has 2 heterocycles. The van der Waals surface area contributed by atoms with Gasteiger partial charge < -0.3 is 31.3 Å². The molecule has 0 saturated heterocycles. The van der Waals surface area contributed by atoms with E-state index in [2.05, 4.69) is 41.3 Å². The topological polar surface area (TPSA) is 158 Å². The zero-order valence-electron chi connectivity index (χ0n) is 19.7. The zero-order valence-corrected chi connectivity index (χ0v) is 20.5. The fourth-order valence-electron chi connectivity index (χ4n) is 3.38. The first-order valence-corrected chi connectivity index (χ1v) is 12.8. The van der Waals surface area contributed by atoms with Crippen molar-refractivity contribution in [1.82, 2.24) is 20.0 Å². The molecule has 0 radical (unpaired) electrons. The lowest BCUT2D eigenvalue weighted by atomic mass is 10.3. The van der Waals surface area contributed by atoms with Crippen LogP contribution in [0.4, 0.5) is 33.6 Å². The summed E-state index contributed by atoms with van der Waals surface area (Å²) in [5.74, 6) is 1.59. The van der Waals surface area contributed by atoms with Gasteiger partial charge in [0.2, 0.25) is 16.0 Å². The van der Waals surface area contributed by atoms with Crippen molar-refractivity contribution in [3.63, 3.8) is 0 Å². The lowest BCUT2D eigenvalue weighted by Gasteiger charge is -2.14. The number of anilines is 5. The summed E-state index contributed by atoms with van der Waals surface area (Å²) in [4.78, 5) is 21.2. The summed E-state index contributed by atoms with van der Waals surface area (Å²) in [6.07, 6.45) is 2.19. The number of benzene rings is 2. The van der Waals surface area contributed by atoms with Crippen LogP contribution in [-0.2, 0) is 10.0 Å². The zero-order chi connectivity index (χ0) is 25.4. The van der Waals surface area contributed by atoms with Crippen LogP contribution in [0.5, 0.6) is 5.75 Å². The first-order valence-electron chi connectivity index (χ1n) is 11.3. The number of amides is 2. The van der Waals surface area contributed by atoms with Crippen LogP contribution in [0.3, 0.4) is 0 Å². The molecule has 2 aromatic carbocycles. The monoisotopic (exact) mass is 512 g/mol. The van der Waals surface area contributed by atoms with Crippen LogP contribution in [0.1, 0.15) is 6.42 Å². The quantitative estimate of drug-likeness (QED) is 0.273. The van der Waals surface area contributed by atoms with E-state index in [1.54, 1.807) is 49.7 Å². The van der Waals surface area contributed by atoms with E-state index in [4.69, 9.17) is 4.74 Å². The third-order valence-corrected chi connectivity index (χ3v) is 6.66. The molecule has 0 fully saturated rings. The number of urea groups is 1. The van der Waals surface area contributed by atoms with Gasteiger partial charge >= 0.3 is 6.03 Å². The molecule has 0 spiro atoms. The molecular formula is C23H28N8O4S. The van der Waals surface area contributed by atoms with Crippen LogP contribution >= 0.6 is 0 Å². The van der Waals surface area contributed by atoms with Gasteiger partial charge in [-0.1, -0.05) is 6.07 Å². The summed E-state index contributed by atoms with van der Waals surface area (Å²) >= 11 is 0. The summed E-state index contributed by atoms with van der Waals surface area (Å²) in [5, 5.41) is 15.0. The highest BCUT2D eigenvalue weighted by Gasteiger charge is 2.15. The molecule has 0 unspecified atom stereocenters. The Morgan fingerprint density at radius 2 is 1.94 bits per heavy atom. The predicted octanol–water partition coefficient (Wildman–Crippen LogP) is 2.56. The van der Waals surface area contributed by atoms with Crippen molar-refractivity contribution < 1.29 is 17.9 Å². The molecule has 2 amide bonds. The Morgan fingerprint density at radius 3 is 2.75 bits per heavy atom. The average Bonchev–Trinajstić information content (AvgIpc) is 2.88. The molecule has 13 heteroatoms. The van der Waals surface area contributed by atoms with Gasteiger partial charge in [-0.3, -0.25) is 0 Å². The second-order valence-corrected chi connectivity index (χ2v) is 9.59. The van der Waals surface area contributed by atoms with Crippen LogP contribution in [0.25, 0.3) is 0 Å². The van der Waals surface area contributed by atoms with E-state index in [0.29, 0.717) is 60.6 Å². The highest BCUT2D eigenvalue weighted by atomic mass is 32.2. The maximum atomic E-state index is 12.5. The van der Waals surface area contributed by atoms with E-state index < -0.39 is 10.0 Å². The summed E-state index contributed by atoms with van der Waals surface area (Å²) in [6.45, 7) is 1.56. The highest BCUT2D eigenvalue weighted by molar-refractivity contribution is 7.89. The molecule has 0 aliphatic carbocycles. The minimum absolute atomic E-state index is 0.168.